The molecular formula is C19H26N6O. The third kappa shape index (κ3) is 3.30. The second kappa shape index (κ2) is 7.05. The number of hydrogen-bond donors (Lipinski definition) is 0. The summed E-state index contributed by atoms with van der Waals surface area (Å²) in [6, 6.07) is 2.40. The van der Waals surface area contributed by atoms with E-state index in [0.29, 0.717) is 30.8 Å². The normalized spacial score (nSPS) is 24.7. The highest BCUT2D eigenvalue weighted by molar-refractivity contribution is 5.76. The van der Waals surface area contributed by atoms with Crippen molar-refractivity contribution in [1.29, 1.82) is 0 Å². The van der Waals surface area contributed by atoms with Crippen LogP contribution in [0.25, 0.3) is 0 Å². The Bertz CT molecular complexity index is 760. The lowest BCUT2D eigenvalue weighted by Crippen LogP contribution is -2.39. The van der Waals surface area contributed by atoms with Gasteiger partial charge in [-0.05, 0) is 31.7 Å². The third-order valence-corrected chi connectivity index (χ3v) is 5.91. The smallest absolute Gasteiger partial charge is 0.224 e. The first-order valence-electron chi connectivity index (χ1n) is 9.38. The van der Waals surface area contributed by atoms with Gasteiger partial charge in [-0.3, -0.25) is 14.5 Å². The van der Waals surface area contributed by atoms with Gasteiger partial charge in [-0.1, -0.05) is 0 Å². The molecule has 2 aromatic rings. The van der Waals surface area contributed by atoms with Gasteiger partial charge in [0.1, 0.15) is 5.82 Å². The molecule has 1 amide bonds. The van der Waals surface area contributed by atoms with Crippen molar-refractivity contribution in [3.63, 3.8) is 0 Å². The van der Waals surface area contributed by atoms with Gasteiger partial charge in [-0.15, -0.1) is 0 Å². The molecule has 1 saturated heterocycles. The summed E-state index contributed by atoms with van der Waals surface area (Å²) in [7, 11) is 2.10. The summed E-state index contributed by atoms with van der Waals surface area (Å²) in [6.45, 7) is 4.37. The van der Waals surface area contributed by atoms with E-state index in [2.05, 4.69) is 31.9 Å². The minimum Gasteiger partial charge on any atom is -0.355 e. The third-order valence-electron chi connectivity index (χ3n) is 5.91. The van der Waals surface area contributed by atoms with Crippen molar-refractivity contribution >= 4 is 11.7 Å². The molecule has 0 N–H and O–H groups in total. The maximum atomic E-state index is 12.7. The first kappa shape index (κ1) is 17.0. The van der Waals surface area contributed by atoms with E-state index in [1.165, 1.54) is 6.42 Å². The molecule has 1 saturated carbocycles. The van der Waals surface area contributed by atoms with Crippen LogP contribution in [-0.2, 0) is 11.3 Å². The fourth-order valence-corrected chi connectivity index (χ4v) is 4.52. The highest BCUT2D eigenvalue weighted by Crippen LogP contribution is 2.41. The summed E-state index contributed by atoms with van der Waals surface area (Å²) in [5.74, 6) is 2.29. The Hall–Kier alpha value is -2.44. The van der Waals surface area contributed by atoms with Crippen molar-refractivity contribution in [3.8, 4) is 0 Å². The fourth-order valence-electron chi connectivity index (χ4n) is 4.52. The summed E-state index contributed by atoms with van der Waals surface area (Å²) in [6.07, 6.45) is 10.1. The van der Waals surface area contributed by atoms with Crippen LogP contribution in [0, 0.1) is 18.8 Å². The molecule has 0 radical (unpaired) electrons. The quantitative estimate of drug-likeness (QED) is 0.818. The van der Waals surface area contributed by atoms with Crippen LogP contribution in [0.15, 0.2) is 30.9 Å². The molecule has 3 atom stereocenters. The Morgan fingerprint density at radius 3 is 2.92 bits per heavy atom. The minimum atomic E-state index is 0.244. The maximum Gasteiger partial charge on any atom is 0.224 e. The van der Waals surface area contributed by atoms with E-state index in [0.717, 1.165) is 31.0 Å². The van der Waals surface area contributed by atoms with Crippen LogP contribution in [0.5, 0.6) is 0 Å². The zero-order chi connectivity index (χ0) is 18.1. The lowest BCUT2D eigenvalue weighted by molar-refractivity contribution is -0.130. The Morgan fingerprint density at radius 1 is 1.31 bits per heavy atom. The largest absolute Gasteiger partial charge is 0.355 e. The van der Waals surface area contributed by atoms with Crippen molar-refractivity contribution in [2.75, 3.05) is 25.0 Å². The van der Waals surface area contributed by atoms with Gasteiger partial charge in [0.2, 0.25) is 5.91 Å². The molecule has 3 heterocycles. The van der Waals surface area contributed by atoms with E-state index in [1.807, 2.05) is 30.1 Å². The molecule has 138 valence electrons. The average Bonchev–Trinajstić information content (AvgIpc) is 3.35. The predicted octanol–water partition coefficient (Wildman–Crippen LogP) is 1.75. The van der Waals surface area contributed by atoms with Gasteiger partial charge in [0.05, 0.1) is 11.9 Å². The van der Waals surface area contributed by atoms with Gasteiger partial charge in [-0.2, -0.15) is 5.10 Å². The molecule has 2 aromatic heterocycles. The van der Waals surface area contributed by atoms with Gasteiger partial charge in [0.25, 0.3) is 0 Å². The molecule has 0 aromatic carbocycles. The van der Waals surface area contributed by atoms with Crippen molar-refractivity contribution in [2.24, 2.45) is 11.8 Å². The van der Waals surface area contributed by atoms with Crippen LogP contribution >= 0.6 is 0 Å². The minimum absolute atomic E-state index is 0.244. The first-order valence-corrected chi connectivity index (χ1v) is 9.38. The predicted molar refractivity (Wildman–Crippen MR) is 98.6 cm³/mol. The molecule has 2 aliphatic rings. The molecule has 7 nitrogen and oxygen atoms in total. The maximum absolute atomic E-state index is 12.7. The van der Waals surface area contributed by atoms with Crippen LogP contribution in [0.3, 0.4) is 0 Å². The summed E-state index contributed by atoms with van der Waals surface area (Å²) >= 11 is 0. The second-order valence-electron chi connectivity index (χ2n) is 7.51. The number of carbonyl (C=O) groups excluding carboxylic acids is 1. The molecule has 2 fully saturated rings. The van der Waals surface area contributed by atoms with E-state index in [4.69, 9.17) is 0 Å². The molecule has 1 aliphatic heterocycles. The number of aryl methyl sites for hydroxylation is 2. The lowest BCUT2D eigenvalue weighted by Gasteiger charge is -2.30. The van der Waals surface area contributed by atoms with Crippen LogP contribution in [0.1, 0.15) is 25.0 Å². The number of nitrogens with zero attached hydrogens (tertiary/aromatic N) is 6. The fraction of sp³-hybridized carbons (Fsp3) is 0.579. The zero-order valence-corrected chi connectivity index (χ0v) is 15.5. The van der Waals surface area contributed by atoms with Crippen molar-refractivity contribution in [3.05, 3.63) is 36.5 Å². The second-order valence-corrected chi connectivity index (χ2v) is 7.51. The van der Waals surface area contributed by atoms with Crippen molar-refractivity contribution in [2.45, 2.75) is 38.8 Å². The Kier molecular flexibility index (Phi) is 4.61. The summed E-state index contributed by atoms with van der Waals surface area (Å²) in [4.78, 5) is 25.6. The van der Waals surface area contributed by atoms with E-state index in [9.17, 15) is 4.79 Å². The van der Waals surface area contributed by atoms with Gasteiger partial charge in [-0.25, -0.2) is 4.98 Å². The molecule has 0 spiro atoms. The Morgan fingerprint density at radius 2 is 2.19 bits per heavy atom. The summed E-state index contributed by atoms with van der Waals surface area (Å²) < 4.78 is 1.86. The van der Waals surface area contributed by atoms with Crippen LogP contribution < -0.4 is 4.90 Å². The van der Waals surface area contributed by atoms with E-state index < -0.39 is 0 Å². The van der Waals surface area contributed by atoms with Gasteiger partial charge in [0, 0.05) is 63.7 Å². The van der Waals surface area contributed by atoms with Crippen LogP contribution in [0.4, 0.5) is 5.82 Å². The highest BCUT2D eigenvalue weighted by Gasteiger charge is 2.45. The van der Waals surface area contributed by atoms with Crippen molar-refractivity contribution < 1.29 is 4.79 Å². The topological polar surface area (TPSA) is 67.2 Å². The van der Waals surface area contributed by atoms with E-state index >= 15 is 0 Å². The molecule has 1 aliphatic carbocycles. The highest BCUT2D eigenvalue weighted by atomic mass is 16.2. The molecule has 0 unspecified atom stereocenters. The average molecular weight is 354 g/mol. The molecule has 26 heavy (non-hydrogen) atoms. The number of aromatic nitrogens is 4. The molecule has 4 rings (SSSR count). The molecule has 0 bridgehead atoms. The number of likely N-dealkylation sites (tertiary alicyclic amines) is 1. The number of rotatable bonds is 5. The summed E-state index contributed by atoms with van der Waals surface area (Å²) in [5.41, 5.74) is 0.989. The summed E-state index contributed by atoms with van der Waals surface area (Å²) in [5, 5.41) is 4.36. The standard InChI is InChI=1S/C19H26N6O/c1-14-5-9-25(22-14)10-6-19(26)24-12-15-3-4-17(16(15)13-24)23(2)18-11-20-7-8-21-18/h5,7-9,11,15-17H,3-4,6,10,12-13H2,1-2H3/t15-,16+,17+/m1/s1. The van der Waals surface area contributed by atoms with Gasteiger partial charge in [0.15, 0.2) is 0 Å². The Balaban J connectivity index is 1.35. The van der Waals surface area contributed by atoms with Crippen molar-refractivity contribution in [1.82, 2.24) is 24.6 Å². The number of amides is 1. The number of anilines is 1. The van der Waals surface area contributed by atoms with Gasteiger partial charge >= 0.3 is 0 Å². The van der Waals surface area contributed by atoms with Gasteiger partial charge < -0.3 is 9.80 Å². The van der Waals surface area contributed by atoms with E-state index in [1.54, 1.807) is 12.4 Å². The first-order chi connectivity index (χ1) is 12.6. The number of carbonyl (C=O) groups is 1. The Labute approximate surface area is 154 Å². The van der Waals surface area contributed by atoms with Crippen LogP contribution in [0.2, 0.25) is 0 Å². The molecular weight excluding hydrogens is 328 g/mol. The monoisotopic (exact) mass is 354 g/mol. The molecule has 7 heteroatoms. The lowest BCUT2D eigenvalue weighted by atomic mass is 9.97. The van der Waals surface area contributed by atoms with Crippen LogP contribution in [-0.4, -0.2) is 56.7 Å². The SMILES string of the molecule is Cc1ccn(CCC(=O)N2C[C@H]3CC[C@H](N(C)c4cnccn4)[C@H]3C2)n1. The zero-order valence-electron chi connectivity index (χ0n) is 15.5. The van der Waals surface area contributed by atoms with E-state index in [-0.39, 0.29) is 5.91 Å². The number of hydrogen-bond acceptors (Lipinski definition) is 5. The number of fused-ring (bicyclic) bond motifs is 1.